The topological polar surface area (TPSA) is 41.9 Å². The predicted molar refractivity (Wildman–Crippen MR) is 88.6 cm³/mol. The summed E-state index contributed by atoms with van der Waals surface area (Å²) in [6.07, 6.45) is -5.15. The van der Waals surface area contributed by atoms with E-state index in [9.17, 15) is 18.0 Å². The minimum atomic E-state index is -4.41. The minimum Gasteiger partial charge on any atom is -0.448 e. The van der Waals surface area contributed by atoms with Crippen LogP contribution in [0.1, 0.15) is 12.5 Å². The molecule has 22 heavy (non-hydrogen) atoms. The number of nitrogens with zero attached hydrogens (tertiary/aromatic N) is 2. The van der Waals surface area contributed by atoms with Gasteiger partial charge in [-0.1, -0.05) is 40.4 Å². The number of benzene rings is 1. The lowest BCUT2D eigenvalue weighted by molar-refractivity contribution is -0.137. The monoisotopic (exact) mass is 444 g/mol. The normalized spacial score (nSPS) is 20.5. The minimum absolute atomic E-state index is 0.0836. The van der Waals surface area contributed by atoms with Crippen LogP contribution in [0.25, 0.3) is 0 Å². The first-order valence-electron chi connectivity index (χ1n) is 6.32. The van der Waals surface area contributed by atoms with Crippen molar-refractivity contribution in [1.29, 1.82) is 0 Å². The van der Waals surface area contributed by atoms with Gasteiger partial charge in [0.2, 0.25) is 0 Å². The van der Waals surface area contributed by atoms with E-state index in [1.807, 2.05) is 0 Å². The summed E-state index contributed by atoms with van der Waals surface area (Å²) in [4.78, 5) is 16.9. The standard InChI is InChI=1S/C13H12F3IN2O2S/c1-2-21-12(20)18-11-19(7-10(17)22-11)9-5-3-4-8(6-9)13(14,15)16/h3-6,10H,2,7H2,1H3. The summed E-state index contributed by atoms with van der Waals surface area (Å²) in [5, 5.41) is 0.345. The first-order chi connectivity index (χ1) is 10.3. The van der Waals surface area contributed by atoms with Crippen molar-refractivity contribution in [3.63, 3.8) is 0 Å². The zero-order valence-corrected chi connectivity index (χ0v) is 14.4. The molecule has 1 saturated heterocycles. The van der Waals surface area contributed by atoms with Gasteiger partial charge in [0.15, 0.2) is 5.17 Å². The van der Waals surface area contributed by atoms with Gasteiger partial charge in [-0.15, -0.1) is 0 Å². The maximum absolute atomic E-state index is 12.8. The van der Waals surface area contributed by atoms with Crippen LogP contribution in [0.2, 0.25) is 0 Å². The molecule has 0 aliphatic carbocycles. The van der Waals surface area contributed by atoms with Gasteiger partial charge < -0.3 is 9.64 Å². The van der Waals surface area contributed by atoms with E-state index in [0.29, 0.717) is 17.4 Å². The Morgan fingerprint density at radius 2 is 2.27 bits per heavy atom. The van der Waals surface area contributed by atoms with Gasteiger partial charge in [0.25, 0.3) is 0 Å². The smallest absolute Gasteiger partial charge is 0.436 e. The van der Waals surface area contributed by atoms with Gasteiger partial charge in [0.1, 0.15) is 0 Å². The largest absolute Gasteiger partial charge is 0.448 e. The molecule has 0 N–H and O–H groups in total. The molecule has 1 aromatic rings. The Hall–Kier alpha value is -0.970. The summed E-state index contributed by atoms with van der Waals surface area (Å²) in [5.74, 6) is 0. The number of hydrogen-bond acceptors (Lipinski definition) is 3. The van der Waals surface area contributed by atoms with E-state index >= 15 is 0 Å². The Bertz CT molecular complexity index is 595. The SMILES string of the molecule is CCOC(=O)N=C1SC(I)CN1c1cccc(C(F)(F)F)c1. The Balaban J connectivity index is 2.31. The molecule has 0 aromatic heterocycles. The number of halogens is 4. The van der Waals surface area contributed by atoms with Gasteiger partial charge in [-0.05, 0) is 25.1 Å². The van der Waals surface area contributed by atoms with Gasteiger partial charge >= 0.3 is 12.3 Å². The molecular weight excluding hydrogens is 432 g/mol. The number of hydrogen-bond donors (Lipinski definition) is 0. The highest BCUT2D eigenvalue weighted by molar-refractivity contribution is 14.1. The van der Waals surface area contributed by atoms with Crippen LogP contribution in [0.5, 0.6) is 0 Å². The van der Waals surface area contributed by atoms with Crippen molar-refractivity contribution in [3.8, 4) is 0 Å². The highest BCUT2D eigenvalue weighted by Gasteiger charge is 2.33. The van der Waals surface area contributed by atoms with Gasteiger partial charge in [-0.3, -0.25) is 0 Å². The maximum Gasteiger partial charge on any atom is 0.436 e. The number of amides is 1. The lowest BCUT2D eigenvalue weighted by Gasteiger charge is -2.19. The first-order valence-corrected chi connectivity index (χ1v) is 8.44. The number of amidine groups is 1. The molecule has 2 rings (SSSR count). The lowest BCUT2D eigenvalue weighted by atomic mass is 10.2. The molecule has 9 heteroatoms. The third kappa shape index (κ3) is 4.28. The third-order valence-corrected chi connectivity index (χ3v) is 4.81. The fraction of sp³-hybridized carbons (Fsp3) is 0.385. The van der Waals surface area contributed by atoms with E-state index < -0.39 is 17.8 Å². The van der Waals surface area contributed by atoms with Gasteiger partial charge in [-0.25, -0.2) is 4.79 Å². The second-order valence-electron chi connectivity index (χ2n) is 4.28. The molecule has 0 saturated carbocycles. The molecule has 1 aliphatic heterocycles. The fourth-order valence-corrected chi connectivity index (χ4v) is 3.79. The van der Waals surface area contributed by atoms with Crippen LogP contribution in [0, 0.1) is 0 Å². The lowest BCUT2D eigenvalue weighted by Crippen LogP contribution is -2.25. The highest BCUT2D eigenvalue weighted by atomic mass is 127. The molecule has 120 valence electrons. The van der Waals surface area contributed by atoms with Crippen molar-refractivity contribution < 1.29 is 22.7 Å². The van der Waals surface area contributed by atoms with Crippen molar-refractivity contribution in [2.75, 3.05) is 18.1 Å². The van der Waals surface area contributed by atoms with Crippen LogP contribution in [-0.4, -0.2) is 27.7 Å². The van der Waals surface area contributed by atoms with Crippen LogP contribution >= 0.6 is 34.4 Å². The van der Waals surface area contributed by atoms with Crippen LogP contribution in [-0.2, 0) is 10.9 Å². The highest BCUT2D eigenvalue weighted by Crippen LogP contribution is 2.37. The van der Waals surface area contributed by atoms with Crippen molar-refractivity contribution >= 4 is 51.3 Å². The Kier molecular flexibility index (Phi) is 5.59. The molecule has 0 radical (unpaired) electrons. The van der Waals surface area contributed by atoms with Crippen molar-refractivity contribution in [1.82, 2.24) is 0 Å². The second-order valence-corrected chi connectivity index (χ2v) is 7.80. The molecule has 0 spiro atoms. The Labute approximate surface area is 143 Å². The summed E-state index contributed by atoms with van der Waals surface area (Å²) in [6, 6.07) is 4.96. The van der Waals surface area contributed by atoms with Gasteiger partial charge in [0.05, 0.1) is 15.4 Å². The van der Waals surface area contributed by atoms with E-state index in [1.54, 1.807) is 17.9 Å². The van der Waals surface area contributed by atoms with Crippen LogP contribution in [0.4, 0.5) is 23.7 Å². The van der Waals surface area contributed by atoms with Crippen molar-refractivity contribution in [3.05, 3.63) is 29.8 Å². The summed E-state index contributed by atoms with van der Waals surface area (Å²) in [5.41, 5.74) is -0.382. The number of rotatable bonds is 2. The van der Waals surface area contributed by atoms with E-state index in [4.69, 9.17) is 4.74 Å². The molecule has 1 atom stereocenters. The number of ether oxygens (including phenoxy) is 1. The van der Waals surface area contributed by atoms with Crippen LogP contribution < -0.4 is 4.90 Å². The molecule has 1 fully saturated rings. The van der Waals surface area contributed by atoms with Crippen LogP contribution in [0.3, 0.4) is 0 Å². The zero-order chi connectivity index (χ0) is 16.3. The maximum atomic E-state index is 12.8. The van der Waals surface area contributed by atoms with E-state index in [0.717, 1.165) is 12.1 Å². The average Bonchev–Trinajstić information content (AvgIpc) is 2.79. The molecule has 1 aliphatic rings. The molecule has 1 heterocycles. The second kappa shape index (κ2) is 7.07. The molecule has 1 aromatic carbocycles. The summed E-state index contributed by atoms with van der Waals surface area (Å²) < 4.78 is 43.3. The molecule has 1 amide bonds. The van der Waals surface area contributed by atoms with Crippen molar-refractivity contribution in [2.24, 2.45) is 4.99 Å². The Morgan fingerprint density at radius 1 is 1.55 bits per heavy atom. The van der Waals surface area contributed by atoms with Gasteiger partial charge in [0, 0.05) is 12.2 Å². The van der Waals surface area contributed by atoms with Crippen LogP contribution in [0.15, 0.2) is 29.3 Å². The summed E-state index contributed by atoms with van der Waals surface area (Å²) in [6.45, 7) is 2.31. The number of carbonyl (C=O) groups excluding carboxylic acids is 1. The first kappa shape index (κ1) is 17.4. The predicted octanol–water partition coefficient (Wildman–Crippen LogP) is 4.53. The molecule has 4 nitrogen and oxygen atoms in total. The molecular formula is C13H12F3IN2O2S. The van der Waals surface area contributed by atoms with E-state index in [2.05, 4.69) is 27.6 Å². The average molecular weight is 444 g/mol. The van der Waals surface area contributed by atoms with E-state index in [1.165, 1.54) is 17.8 Å². The quantitative estimate of drug-likeness (QED) is 0.497. The van der Waals surface area contributed by atoms with Gasteiger partial charge in [-0.2, -0.15) is 18.2 Å². The van der Waals surface area contributed by atoms with Crippen molar-refractivity contribution in [2.45, 2.75) is 16.4 Å². The zero-order valence-electron chi connectivity index (χ0n) is 11.4. The summed E-state index contributed by atoms with van der Waals surface area (Å²) in [7, 11) is 0. The number of anilines is 1. The molecule has 0 bridgehead atoms. The number of carbonyl (C=O) groups is 1. The van der Waals surface area contributed by atoms with E-state index in [-0.39, 0.29) is 9.86 Å². The number of aliphatic imine (C=N–C) groups is 1. The number of alkyl halides is 4. The number of thioether (sulfide) groups is 1. The Morgan fingerprint density at radius 3 is 2.91 bits per heavy atom. The third-order valence-electron chi connectivity index (χ3n) is 2.73. The fourth-order valence-electron chi connectivity index (χ4n) is 1.82. The summed E-state index contributed by atoms with van der Waals surface area (Å²) >= 11 is 3.46. The molecule has 1 unspecified atom stereocenters.